The van der Waals surface area contributed by atoms with E-state index < -0.39 is 5.60 Å². The fourth-order valence-corrected chi connectivity index (χ4v) is 3.04. The molecule has 0 aliphatic heterocycles. The van der Waals surface area contributed by atoms with E-state index in [1.807, 2.05) is 0 Å². The van der Waals surface area contributed by atoms with Gasteiger partial charge in [-0.15, -0.1) is 0 Å². The second-order valence-corrected chi connectivity index (χ2v) is 4.63. The minimum atomic E-state index is -0.749. The Morgan fingerprint density at radius 2 is 2.00 bits per heavy atom. The highest BCUT2D eigenvalue weighted by molar-refractivity contribution is 5.26. The number of nitrogens with one attached hydrogen (secondary N) is 1. The monoisotopic (exact) mass is 206 g/mol. The summed E-state index contributed by atoms with van der Waals surface area (Å²) in [6.07, 6.45) is 4.57. The number of rotatable bonds is 1. The fraction of sp³-hybridized carbons (Fsp3) is 0.636. The van der Waals surface area contributed by atoms with Gasteiger partial charge in [-0.05, 0) is 30.7 Å². The molecule has 2 aliphatic rings. The molecular formula is C11H14N2O2. The molecule has 80 valence electrons. The second kappa shape index (κ2) is 2.92. The Kier molecular flexibility index (Phi) is 1.77. The zero-order valence-corrected chi connectivity index (χ0v) is 8.44. The lowest BCUT2D eigenvalue weighted by Gasteiger charge is -2.08. The molecule has 0 bridgehead atoms. The van der Waals surface area contributed by atoms with Crippen LogP contribution in [0.2, 0.25) is 0 Å². The third-order valence-corrected chi connectivity index (χ3v) is 3.88. The summed E-state index contributed by atoms with van der Waals surface area (Å²) in [5.74, 6) is 0.731. The van der Waals surface area contributed by atoms with Crippen LogP contribution in [0.25, 0.3) is 0 Å². The normalized spacial score (nSPS) is 38.5. The maximum Gasteiger partial charge on any atom is 0.264 e. The first-order valence-corrected chi connectivity index (χ1v) is 5.51. The third-order valence-electron chi connectivity index (χ3n) is 3.88. The first kappa shape index (κ1) is 9.09. The Labute approximate surface area is 87.3 Å². The summed E-state index contributed by atoms with van der Waals surface area (Å²) in [6, 6.07) is 3.09. The lowest BCUT2D eigenvalue weighted by atomic mass is 10.0. The van der Waals surface area contributed by atoms with Crippen LogP contribution >= 0.6 is 0 Å². The van der Waals surface area contributed by atoms with Crippen molar-refractivity contribution in [2.45, 2.75) is 31.3 Å². The molecule has 2 saturated carbocycles. The van der Waals surface area contributed by atoms with Gasteiger partial charge < -0.3 is 5.11 Å². The van der Waals surface area contributed by atoms with Crippen molar-refractivity contribution in [2.75, 3.05) is 0 Å². The zero-order valence-electron chi connectivity index (χ0n) is 8.44. The van der Waals surface area contributed by atoms with Gasteiger partial charge in [0.05, 0.1) is 5.69 Å². The zero-order chi connectivity index (χ0) is 10.5. The first-order chi connectivity index (χ1) is 7.23. The van der Waals surface area contributed by atoms with Gasteiger partial charge in [-0.2, -0.15) is 5.10 Å². The van der Waals surface area contributed by atoms with E-state index in [1.54, 1.807) is 6.07 Å². The lowest BCUT2D eigenvalue weighted by Crippen LogP contribution is -2.17. The molecule has 0 saturated heterocycles. The third kappa shape index (κ3) is 1.17. The molecule has 0 radical (unpaired) electrons. The van der Waals surface area contributed by atoms with E-state index in [9.17, 15) is 9.90 Å². The van der Waals surface area contributed by atoms with Crippen LogP contribution in [0.4, 0.5) is 0 Å². The Hall–Kier alpha value is -1.16. The SMILES string of the molecule is O=c1ccc(C2(O)C3CCCCC32)n[nH]1. The van der Waals surface area contributed by atoms with Crippen LogP contribution in [-0.2, 0) is 5.60 Å². The van der Waals surface area contributed by atoms with E-state index in [0.29, 0.717) is 17.5 Å². The van der Waals surface area contributed by atoms with Crippen LogP contribution in [0.3, 0.4) is 0 Å². The van der Waals surface area contributed by atoms with Crippen LogP contribution in [0.5, 0.6) is 0 Å². The summed E-state index contributed by atoms with van der Waals surface area (Å²) in [7, 11) is 0. The van der Waals surface area contributed by atoms with Crippen molar-refractivity contribution >= 4 is 0 Å². The molecule has 1 aromatic rings. The number of nitrogens with zero attached hydrogens (tertiary/aromatic N) is 1. The van der Waals surface area contributed by atoms with Crippen molar-refractivity contribution in [2.24, 2.45) is 11.8 Å². The summed E-state index contributed by atoms with van der Waals surface area (Å²) in [5, 5.41) is 16.8. The van der Waals surface area contributed by atoms with Crippen molar-refractivity contribution in [3.63, 3.8) is 0 Å². The number of hydrogen-bond acceptors (Lipinski definition) is 3. The van der Waals surface area contributed by atoms with Crippen LogP contribution in [-0.4, -0.2) is 15.3 Å². The predicted octanol–water partition coefficient (Wildman–Crippen LogP) is 0.777. The Bertz CT molecular complexity index is 408. The molecule has 2 aliphatic carbocycles. The summed E-state index contributed by atoms with van der Waals surface area (Å²) < 4.78 is 0. The van der Waals surface area contributed by atoms with Gasteiger partial charge in [0.25, 0.3) is 5.56 Å². The average molecular weight is 206 g/mol. The number of H-pyrrole nitrogens is 1. The standard InChI is InChI=1S/C11H14N2O2/c14-10-6-5-9(12-13-10)11(15)7-3-1-2-4-8(7)11/h5-8,15H,1-4H2,(H,13,14). The van der Waals surface area contributed by atoms with Gasteiger partial charge in [0.15, 0.2) is 0 Å². The van der Waals surface area contributed by atoms with E-state index >= 15 is 0 Å². The minimum absolute atomic E-state index is 0.217. The molecule has 0 aromatic carbocycles. The van der Waals surface area contributed by atoms with Gasteiger partial charge in [-0.3, -0.25) is 4.79 Å². The Balaban J connectivity index is 1.94. The van der Waals surface area contributed by atoms with Crippen LogP contribution < -0.4 is 5.56 Å². The number of aliphatic hydroxyl groups is 1. The Morgan fingerprint density at radius 1 is 1.33 bits per heavy atom. The van der Waals surface area contributed by atoms with Crippen molar-refractivity contribution in [1.29, 1.82) is 0 Å². The van der Waals surface area contributed by atoms with Crippen molar-refractivity contribution < 1.29 is 5.11 Å². The molecule has 15 heavy (non-hydrogen) atoms. The second-order valence-electron chi connectivity index (χ2n) is 4.63. The minimum Gasteiger partial charge on any atom is -0.383 e. The largest absolute Gasteiger partial charge is 0.383 e. The first-order valence-electron chi connectivity index (χ1n) is 5.51. The highest BCUT2D eigenvalue weighted by Crippen LogP contribution is 2.63. The van der Waals surface area contributed by atoms with Gasteiger partial charge >= 0.3 is 0 Å². The molecule has 3 rings (SSSR count). The van der Waals surface area contributed by atoms with E-state index in [1.165, 1.54) is 18.9 Å². The molecule has 2 N–H and O–H groups in total. The number of aromatic nitrogens is 2. The van der Waals surface area contributed by atoms with Crippen molar-refractivity contribution in [1.82, 2.24) is 10.2 Å². The lowest BCUT2D eigenvalue weighted by molar-refractivity contribution is 0.112. The molecule has 2 unspecified atom stereocenters. The predicted molar refractivity (Wildman–Crippen MR) is 54.2 cm³/mol. The topological polar surface area (TPSA) is 66.0 Å². The molecule has 2 atom stereocenters. The van der Waals surface area contributed by atoms with Crippen molar-refractivity contribution in [3.05, 3.63) is 28.2 Å². The molecule has 0 amide bonds. The molecule has 4 nitrogen and oxygen atoms in total. The maximum absolute atomic E-state index is 10.9. The fourth-order valence-electron chi connectivity index (χ4n) is 3.04. The van der Waals surface area contributed by atoms with E-state index in [-0.39, 0.29) is 5.56 Å². The smallest absolute Gasteiger partial charge is 0.264 e. The van der Waals surface area contributed by atoms with E-state index in [2.05, 4.69) is 10.2 Å². The molecule has 4 heteroatoms. The number of aromatic amines is 1. The van der Waals surface area contributed by atoms with Crippen LogP contribution in [0.15, 0.2) is 16.9 Å². The number of fused-ring (bicyclic) bond motifs is 1. The van der Waals surface area contributed by atoms with Gasteiger partial charge in [0.2, 0.25) is 0 Å². The summed E-state index contributed by atoms with van der Waals surface area (Å²) >= 11 is 0. The molecular weight excluding hydrogens is 192 g/mol. The van der Waals surface area contributed by atoms with Gasteiger partial charge in [-0.25, -0.2) is 5.10 Å². The maximum atomic E-state index is 10.9. The van der Waals surface area contributed by atoms with Crippen LogP contribution in [0.1, 0.15) is 31.4 Å². The quantitative estimate of drug-likeness (QED) is 0.713. The van der Waals surface area contributed by atoms with Gasteiger partial charge in [0, 0.05) is 6.07 Å². The van der Waals surface area contributed by atoms with E-state index in [0.717, 1.165) is 12.8 Å². The van der Waals surface area contributed by atoms with Crippen molar-refractivity contribution in [3.8, 4) is 0 Å². The molecule has 1 aromatic heterocycles. The average Bonchev–Trinajstić information content (AvgIpc) is 2.88. The molecule has 0 spiro atoms. The van der Waals surface area contributed by atoms with Gasteiger partial charge in [-0.1, -0.05) is 12.8 Å². The Morgan fingerprint density at radius 3 is 2.53 bits per heavy atom. The van der Waals surface area contributed by atoms with Gasteiger partial charge in [0.1, 0.15) is 5.60 Å². The molecule has 2 fully saturated rings. The highest BCUT2D eigenvalue weighted by Gasteiger charge is 2.65. The summed E-state index contributed by atoms with van der Waals surface area (Å²) in [5.41, 5.74) is -0.328. The summed E-state index contributed by atoms with van der Waals surface area (Å²) in [4.78, 5) is 10.9. The molecule has 1 heterocycles. The highest BCUT2D eigenvalue weighted by atomic mass is 16.3. The van der Waals surface area contributed by atoms with Crippen LogP contribution in [0, 0.1) is 11.8 Å². The van der Waals surface area contributed by atoms with E-state index in [4.69, 9.17) is 0 Å². The summed E-state index contributed by atoms with van der Waals surface area (Å²) in [6.45, 7) is 0. The number of hydrogen-bond donors (Lipinski definition) is 2.